The van der Waals surface area contributed by atoms with Crippen molar-refractivity contribution in [2.75, 3.05) is 7.11 Å². The zero-order valence-corrected chi connectivity index (χ0v) is 16.2. The second-order valence-corrected chi connectivity index (χ2v) is 6.23. The Labute approximate surface area is 166 Å². The third-order valence-corrected chi connectivity index (χ3v) is 4.26. The van der Waals surface area contributed by atoms with Gasteiger partial charge in [0.15, 0.2) is 0 Å². The Morgan fingerprint density at radius 3 is 2.72 bits per heavy atom. The number of hydrogen-bond donors (Lipinski definition) is 2. The molecule has 2 N–H and O–H groups in total. The Balaban J connectivity index is 1.55. The number of para-hydroxylation sites is 2. The van der Waals surface area contributed by atoms with E-state index >= 15 is 0 Å². The highest BCUT2D eigenvalue weighted by atomic mass is 16.5. The summed E-state index contributed by atoms with van der Waals surface area (Å²) >= 11 is 0. The molecule has 0 bridgehead atoms. The summed E-state index contributed by atoms with van der Waals surface area (Å²) in [4.78, 5) is 40.0. The van der Waals surface area contributed by atoms with Crippen molar-refractivity contribution in [1.29, 1.82) is 0 Å². The summed E-state index contributed by atoms with van der Waals surface area (Å²) in [5.41, 5.74) is 6.62. The number of aromatic nitrogens is 2. The van der Waals surface area contributed by atoms with Gasteiger partial charge in [-0.25, -0.2) is 9.78 Å². The molecule has 0 aliphatic rings. The van der Waals surface area contributed by atoms with Crippen LogP contribution in [-0.4, -0.2) is 34.4 Å². The molecule has 0 aliphatic heterocycles. The largest absolute Gasteiger partial charge is 0.465 e. The van der Waals surface area contributed by atoms with Crippen LogP contribution in [-0.2, 0) is 27.8 Å². The number of methoxy groups -OCH3 is 1. The molecule has 0 saturated carbocycles. The fourth-order valence-corrected chi connectivity index (χ4v) is 2.77. The van der Waals surface area contributed by atoms with Crippen LogP contribution in [0.15, 0.2) is 40.8 Å². The van der Waals surface area contributed by atoms with Crippen molar-refractivity contribution in [1.82, 2.24) is 20.4 Å². The number of hydrogen-bond acceptors (Lipinski definition) is 6. The summed E-state index contributed by atoms with van der Waals surface area (Å²) in [6.07, 6.45) is 2.57. The molecule has 0 radical (unpaired) electrons. The van der Waals surface area contributed by atoms with Crippen LogP contribution in [0.2, 0.25) is 0 Å². The van der Waals surface area contributed by atoms with Gasteiger partial charge in [0.1, 0.15) is 22.9 Å². The maximum Gasteiger partial charge on any atom is 0.341 e. The van der Waals surface area contributed by atoms with E-state index in [1.165, 1.54) is 25.3 Å². The molecule has 0 saturated heterocycles. The van der Waals surface area contributed by atoms with E-state index < -0.39 is 17.8 Å². The summed E-state index contributed by atoms with van der Waals surface area (Å²) in [5, 5.41) is 0. The van der Waals surface area contributed by atoms with Gasteiger partial charge in [-0.3, -0.25) is 20.4 Å². The number of benzene rings is 1. The molecule has 0 atom stereocenters. The van der Waals surface area contributed by atoms with Crippen LogP contribution in [0.25, 0.3) is 17.1 Å². The number of nitrogens with one attached hydrogen (secondary N) is 2. The van der Waals surface area contributed by atoms with E-state index in [9.17, 15) is 14.4 Å². The molecule has 0 unspecified atom stereocenters. The maximum absolute atomic E-state index is 12.1. The Bertz CT molecular complexity index is 1110. The highest BCUT2D eigenvalue weighted by molar-refractivity contribution is 5.94. The van der Waals surface area contributed by atoms with Crippen LogP contribution >= 0.6 is 0 Å². The van der Waals surface area contributed by atoms with Gasteiger partial charge in [-0.2, -0.15) is 0 Å². The molecule has 3 aromatic rings. The number of carbonyl (C=O) groups is 3. The predicted molar refractivity (Wildman–Crippen MR) is 105 cm³/mol. The van der Waals surface area contributed by atoms with Gasteiger partial charge in [0.25, 0.3) is 5.91 Å². The maximum atomic E-state index is 12.1. The third kappa shape index (κ3) is 4.52. The number of ether oxygens (including phenoxy) is 1. The lowest BCUT2D eigenvalue weighted by atomic mass is 10.2. The van der Waals surface area contributed by atoms with Gasteiger partial charge in [0.2, 0.25) is 5.91 Å². The zero-order valence-electron chi connectivity index (χ0n) is 16.2. The van der Waals surface area contributed by atoms with Gasteiger partial charge < -0.3 is 13.7 Å². The van der Waals surface area contributed by atoms with E-state index in [1.807, 2.05) is 35.9 Å². The molecule has 0 aliphatic carbocycles. The molecule has 0 spiro atoms. The van der Waals surface area contributed by atoms with Crippen LogP contribution in [0, 0.1) is 6.92 Å². The number of furan rings is 1. The third-order valence-electron chi connectivity index (χ3n) is 4.26. The van der Waals surface area contributed by atoms with E-state index in [0.717, 1.165) is 11.0 Å². The van der Waals surface area contributed by atoms with Crippen LogP contribution < -0.4 is 10.9 Å². The van der Waals surface area contributed by atoms with Gasteiger partial charge in [-0.05, 0) is 31.2 Å². The van der Waals surface area contributed by atoms with Gasteiger partial charge in [-0.1, -0.05) is 12.1 Å². The average molecular weight is 396 g/mol. The molecular weight excluding hydrogens is 376 g/mol. The normalized spacial score (nSPS) is 11.0. The van der Waals surface area contributed by atoms with Gasteiger partial charge >= 0.3 is 5.97 Å². The molecular formula is C20H20N4O5. The molecule has 150 valence electrons. The quantitative estimate of drug-likeness (QED) is 0.385. The first kappa shape index (κ1) is 19.9. The minimum absolute atomic E-state index is 0.00897. The number of esters is 1. The van der Waals surface area contributed by atoms with Crippen LogP contribution in [0.5, 0.6) is 0 Å². The number of fused-ring (bicyclic) bond motifs is 1. The number of aryl methyl sites for hydroxylation is 2. The number of hydrazine groups is 1. The summed E-state index contributed by atoms with van der Waals surface area (Å²) in [5.74, 6) is -0.222. The Hall–Kier alpha value is -3.88. The Morgan fingerprint density at radius 2 is 2.00 bits per heavy atom. The SMILES string of the molecule is COC(=O)c1cc(C=CC(=O)NNC(=O)Cc2nc3ccccc3n2C)oc1C. The second-order valence-electron chi connectivity index (χ2n) is 6.23. The summed E-state index contributed by atoms with van der Waals surface area (Å²) < 4.78 is 11.8. The molecule has 2 aromatic heterocycles. The molecule has 9 nitrogen and oxygen atoms in total. The first-order valence-corrected chi connectivity index (χ1v) is 8.75. The lowest BCUT2D eigenvalue weighted by molar-refractivity contribution is -0.126. The fraction of sp³-hybridized carbons (Fsp3) is 0.200. The van der Waals surface area contributed by atoms with Crippen LogP contribution in [0.4, 0.5) is 0 Å². The van der Waals surface area contributed by atoms with E-state index in [4.69, 9.17) is 4.42 Å². The second kappa shape index (κ2) is 8.42. The molecule has 0 fully saturated rings. The summed E-state index contributed by atoms with van der Waals surface area (Å²) in [6, 6.07) is 9.02. The number of carbonyl (C=O) groups excluding carboxylic acids is 3. The first-order chi connectivity index (χ1) is 13.9. The van der Waals surface area contributed by atoms with E-state index in [-0.39, 0.29) is 12.0 Å². The lowest BCUT2D eigenvalue weighted by Crippen LogP contribution is -2.41. The van der Waals surface area contributed by atoms with Crippen molar-refractivity contribution in [2.45, 2.75) is 13.3 Å². The Kier molecular flexibility index (Phi) is 5.77. The van der Waals surface area contributed by atoms with E-state index in [0.29, 0.717) is 17.3 Å². The van der Waals surface area contributed by atoms with Crippen molar-refractivity contribution in [3.05, 3.63) is 59.3 Å². The van der Waals surface area contributed by atoms with Crippen molar-refractivity contribution >= 4 is 34.9 Å². The summed E-state index contributed by atoms with van der Waals surface area (Å²) in [6.45, 7) is 1.62. The van der Waals surface area contributed by atoms with Crippen molar-refractivity contribution in [2.24, 2.45) is 7.05 Å². The predicted octanol–water partition coefficient (Wildman–Crippen LogP) is 1.66. The molecule has 3 rings (SSSR count). The Morgan fingerprint density at radius 1 is 1.24 bits per heavy atom. The lowest BCUT2D eigenvalue weighted by Gasteiger charge is -2.05. The standard InChI is InChI=1S/C20H20N4O5/c1-12-14(20(27)28-3)10-13(29-12)8-9-18(25)22-23-19(26)11-17-21-15-6-4-5-7-16(15)24(17)2/h4-10H,11H2,1-3H3,(H,22,25)(H,23,26). The van der Waals surface area contributed by atoms with Gasteiger partial charge in [0, 0.05) is 13.1 Å². The summed E-state index contributed by atoms with van der Waals surface area (Å²) in [7, 11) is 3.10. The molecule has 1 aromatic carbocycles. The monoisotopic (exact) mass is 396 g/mol. The van der Waals surface area contributed by atoms with Gasteiger partial charge in [-0.15, -0.1) is 0 Å². The van der Waals surface area contributed by atoms with Crippen molar-refractivity contribution in [3.8, 4) is 0 Å². The number of nitrogens with zero attached hydrogens (tertiary/aromatic N) is 2. The van der Waals surface area contributed by atoms with Crippen LogP contribution in [0.1, 0.15) is 27.7 Å². The van der Waals surface area contributed by atoms with Crippen LogP contribution in [0.3, 0.4) is 0 Å². The smallest absolute Gasteiger partial charge is 0.341 e. The zero-order chi connectivity index (χ0) is 21.0. The first-order valence-electron chi connectivity index (χ1n) is 8.75. The minimum atomic E-state index is -0.558. The average Bonchev–Trinajstić information content (AvgIpc) is 3.24. The molecule has 29 heavy (non-hydrogen) atoms. The number of rotatable bonds is 5. The number of amides is 2. The minimum Gasteiger partial charge on any atom is -0.465 e. The molecule has 2 heterocycles. The van der Waals surface area contributed by atoms with E-state index in [2.05, 4.69) is 20.6 Å². The molecule has 9 heteroatoms. The topological polar surface area (TPSA) is 115 Å². The van der Waals surface area contributed by atoms with Gasteiger partial charge in [0.05, 0.1) is 24.6 Å². The fourth-order valence-electron chi connectivity index (χ4n) is 2.77. The van der Waals surface area contributed by atoms with E-state index in [1.54, 1.807) is 6.92 Å². The molecule has 2 amide bonds. The highest BCUT2D eigenvalue weighted by Crippen LogP contribution is 2.17. The number of imidazole rings is 1. The van der Waals surface area contributed by atoms with Crippen molar-refractivity contribution < 1.29 is 23.5 Å². The highest BCUT2D eigenvalue weighted by Gasteiger charge is 2.14. The van der Waals surface area contributed by atoms with Crippen molar-refractivity contribution in [3.63, 3.8) is 0 Å².